The van der Waals surface area contributed by atoms with Crippen molar-refractivity contribution < 1.29 is 9.53 Å². The van der Waals surface area contributed by atoms with Crippen LogP contribution in [0, 0.1) is 0 Å². The molecule has 1 unspecified atom stereocenters. The average Bonchev–Trinajstić information content (AvgIpc) is 2.63. The standard InChI is InChI=1S/C19H22ClN3O2/c1-25-19(24)18(14-5-3-2-4-6-14)23-11-9-22(10-12-23)17-8-7-15(21)13-16(17)20/h2-8,13,18H,9-12,21H2,1H3. The van der Waals surface area contributed by atoms with Crippen LogP contribution in [0.15, 0.2) is 48.5 Å². The van der Waals surface area contributed by atoms with Crippen molar-refractivity contribution >= 4 is 28.9 Å². The van der Waals surface area contributed by atoms with Crippen LogP contribution in [-0.4, -0.2) is 44.2 Å². The van der Waals surface area contributed by atoms with E-state index in [0.29, 0.717) is 10.7 Å². The van der Waals surface area contributed by atoms with Gasteiger partial charge < -0.3 is 15.4 Å². The summed E-state index contributed by atoms with van der Waals surface area (Å²) in [6.45, 7) is 3.05. The van der Waals surface area contributed by atoms with Crippen molar-refractivity contribution in [2.45, 2.75) is 6.04 Å². The van der Waals surface area contributed by atoms with Crippen LogP contribution in [0.4, 0.5) is 11.4 Å². The SMILES string of the molecule is COC(=O)C(c1ccccc1)N1CCN(c2ccc(N)cc2Cl)CC1. The van der Waals surface area contributed by atoms with Gasteiger partial charge in [-0.1, -0.05) is 41.9 Å². The van der Waals surface area contributed by atoms with E-state index in [1.807, 2.05) is 42.5 Å². The second-order valence-corrected chi connectivity index (χ2v) is 6.48. The number of methoxy groups -OCH3 is 1. The molecule has 2 aromatic carbocycles. The van der Waals surface area contributed by atoms with E-state index in [9.17, 15) is 4.79 Å². The highest BCUT2D eigenvalue weighted by atomic mass is 35.5. The number of halogens is 1. The van der Waals surface area contributed by atoms with Gasteiger partial charge in [-0.05, 0) is 23.8 Å². The van der Waals surface area contributed by atoms with Crippen molar-refractivity contribution in [1.29, 1.82) is 0 Å². The van der Waals surface area contributed by atoms with Gasteiger partial charge in [-0.15, -0.1) is 0 Å². The van der Waals surface area contributed by atoms with Crippen LogP contribution in [0.2, 0.25) is 5.02 Å². The summed E-state index contributed by atoms with van der Waals surface area (Å²) in [6, 6.07) is 14.9. The van der Waals surface area contributed by atoms with E-state index in [1.165, 1.54) is 7.11 Å². The lowest BCUT2D eigenvalue weighted by atomic mass is 10.0. The highest BCUT2D eigenvalue weighted by molar-refractivity contribution is 6.33. The van der Waals surface area contributed by atoms with Crippen molar-refractivity contribution in [3.8, 4) is 0 Å². The topological polar surface area (TPSA) is 58.8 Å². The van der Waals surface area contributed by atoms with Crippen LogP contribution >= 0.6 is 11.6 Å². The van der Waals surface area contributed by atoms with Gasteiger partial charge in [0.05, 0.1) is 17.8 Å². The van der Waals surface area contributed by atoms with E-state index >= 15 is 0 Å². The van der Waals surface area contributed by atoms with E-state index in [1.54, 1.807) is 6.07 Å². The molecule has 0 spiro atoms. The number of rotatable bonds is 4. The van der Waals surface area contributed by atoms with Gasteiger partial charge in [-0.25, -0.2) is 4.79 Å². The third kappa shape index (κ3) is 3.89. The predicted octanol–water partition coefficient (Wildman–Crippen LogP) is 2.96. The molecule has 1 saturated heterocycles. The highest BCUT2D eigenvalue weighted by Gasteiger charge is 2.31. The number of carbonyl (C=O) groups is 1. The van der Waals surface area contributed by atoms with E-state index in [4.69, 9.17) is 22.1 Å². The van der Waals surface area contributed by atoms with Crippen LogP contribution < -0.4 is 10.6 Å². The van der Waals surface area contributed by atoms with Crippen molar-refractivity contribution in [2.24, 2.45) is 0 Å². The van der Waals surface area contributed by atoms with Crippen molar-refractivity contribution in [2.75, 3.05) is 43.9 Å². The number of esters is 1. The van der Waals surface area contributed by atoms with Crippen molar-refractivity contribution in [1.82, 2.24) is 4.90 Å². The third-order valence-electron chi connectivity index (χ3n) is 4.53. The number of anilines is 2. The van der Waals surface area contributed by atoms with Gasteiger partial charge >= 0.3 is 5.97 Å². The summed E-state index contributed by atoms with van der Waals surface area (Å²) in [6.07, 6.45) is 0. The molecule has 1 heterocycles. The Bertz CT molecular complexity index is 731. The molecule has 2 N–H and O–H groups in total. The number of ether oxygens (including phenoxy) is 1. The summed E-state index contributed by atoms with van der Waals surface area (Å²) in [5.74, 6) is -0.231. The monoisotopic (exact) mass is 359 g/mol. The Morgan fingerprint density at radius 3 is 2.40 bits per heavy atom. The van der Waals surface area contributed by atoms with Crippen molar-refractivity contribution in [3.63, 3.8) is 0 Å². The van der Waals surface area contributed by atoms with E-state index in [0.717, 1.165) is 37.4 Å². The molecule has 132 valence electrons. The van der Waals surface area contributed by atoms with E-state index in [-0.39, 0.29) is 12.0 Å². The molecule has 1 atom stereocenters. The number of carbonyl (C=O) groups excluding carboxylic acids is 1. The lowest BCUT2D eigenvalue weighted by Gasteiger charge is -2.39. The molecular formula is C19H22ClN3O2. The normalized spacial score (nSPS) is 16.5. The Morgan fingerprint density at radius 1 is 1.12 bits per heavy atom. The highest BCUT2D eigenvalue weighted by Crippen LogP contribution is 2.30. The van der Waals surface area contributed by atoms with Crippen LogP contribution in [0.1, 0.15) is 11.6 Å². The van der Waals surface area contributed by atoms with Crippen LogP contribution in [0.3, 0.4) is 0 Å². The maximum Gasteiger partial charge on any atom is 0.327 e. The number of hydrogen-bond donors (Lipinski definition) is 1. The fourth-order valence-electron chi connectivity index (χ4n) is 3.24. The molecule has 0 bridgehead atoms. The van der Waals surface area contributed by atoms with Gasteiger partial charge in [-0.3, -0.25) is 4.90 Å². The van der Waals surface area contributed by atoms with E-state index < -0.39 is 0 Å². The Balaban J connectivity index is 1.74. The Hall–Kier alpha value is -2.24. The van der Waals surface area contributed by atoms with Crippen LogP contribution in [-0.2, 0) is 9.53 Å². The molecule has 3 rings (SSSR count). The zero-order valence-electron chi connectivity index (χ0n) is 14.2. The summed E-state index contributed by atoms with van der Waals surface area (Å²) in [5, 5.41) is 0.654. The lowest BCUT2D eigenvalue weighted by molar-refractivity contribution is -0.147. The van der Waals surface area contributed by atoms with Crippen LogP contribution in [0.5, 0.6) is 0 Å². The first-order valence-corrected chi connectivity index (χ1v) is 8.64. The van der Waals surface area contributed by atoms with Gasteiger partial charge in [0.2, 0.25) is 0 Å². The number of hydrogen-bond acceptors (Lipinski definition) is 5. The fraction of sp³-hybridized carbons (Fsp3) is 0.316. The second-order valence-electron chi connectivity index (χ2n) is 6.07. The molecule has 0 radical (unpaired) electrons. The first kappa shape index (κ1) is 17.6. The zero-order chi connectivity index (χ0) is 17.8. The Labute approximate surface area is 152 Å². The molecule has 25 heavy (non-hydrogen) atoms. The molecule has 6 heteroatoms. The number of nitrogens with zero attached hydrogens (tertiary/aromatic N) is 2. The van der Waals surface area contributed by atoms with Gasteiger partial charge in [0.25, 0.3) is 0 Å². The average molecular weight is 360 g/mol. The van der Waals surface area contributed by atoms with Gasteiger partial charge in [0.1, 0.15) is 6.04 Å². The molecule has 0 amide bonds. The molecule has 0 aromatic heterocycles. The first-order chi connectivity index (χ1) is 12.1. The smallest absolute Gasteiger partial charge is 0.327 e. The minimum absolute atomic E-state index is 0.231. The molecular weight excluding hydrogens is 338 g/mol. The number of benzene rings is 2. The summed E-state index contributed by atoms with van der Waals surface area (Å²) in [4.78, 5) is 16.7. The number of nitrogen functional groups attached to an aromatic ring is 1. The Morgan fingerprint density at radius 2 is 1.80 bits per heavy atom. The van der Waals surface area contributed by atoms with Gasteiger partial charge in [-0.2, -0.15) is 0 Å². The van der Waals surface area contributed by atoms with Crippen LogP contribution in [0.25, 0.3) is 0 Å². The minimum atomic E-state index is -0.379. The fourth-order valence-corrected chi connectivity index (χ4v) is 3.55. The summed E-state index contributed by atoms with van der Waals surface area (Å²) >= 11 is 6.32. The zero-order valence-corrected chi connectivity index (χ0v) is 14.9. The molecule has 1 aliphatic rings. The van der Waals surface area contributed by atoms with Gasteiger partial charge in [0, 0.05) is 31.9 Å². The molecule has 1 fully saturated rings. The van der Waals surface area contributed by atoms with E-state index in [2.05, 4.69) is 9.80 Å². The quantitative estimate of drug-likeness (QED) is 0.671. The molecule has 0 saturated carbocycles. The van der Waals surface area contributed by atoms with Gasteiger partial charge in [0.15, 0.2) is 0 Å². The molecule has 2 aromatic rings. The van der Waals surface area contributed by atoms with Crippen molar-refractivity contribution in [3.05, 3.63) is 59.1 Å². The minimum Gasteiger partial charge on any atom is -0.468 e. The number of nitrogens with two attached hydrogens (primary N) is 1. The largest absolute Gasteiger partial charge is 0.468 e. The summed E-state index contributed by atoms with van der Waals surface area (Å²) in [5.41, 5.74) is 8.35. The molecule has 5 nitrogen and oxygen atoms in total. The summed E-state index contributed by atoms with van der Waals surface area (Å²) in [7, 11) is 1.43. The molecule has 1 aliphatic heterocycles. The maximum absolute atomic E-state index is 12.3. The molecule has 0 aliphatic carbocycles. The first-order valence-electron chi connectivity index (χ1n) is 8.27. The maximum atomic E-state index is 12.3. The Kier molecular flexibility index (Phi) is 5.46. The number of piperazine rings is 1. The summed E-state index contributed by atoms with van der Waals surface area (Å²) < 4.78 is 5.03. The predicted molar refractivity (Wildman–Crippen MR) is 101 cm³/mol. The lowest BCUT2D eigenvalue weighted by Crippen LogP contribution is -2.49. The third-order valence-corrected chi connectivity index (χ3v) is 4.83. The second kappa shape index (κ2) is 7.76.